The van der Waals surface area contributed by atoms with Crippen LogP contribution in [0.25, 0.3) is 0 Å². The average molecular weight is 379 g/mol. The molecule has 0 radical (unpaired) electrons. The van der Waals surface area contributed by atoms with Crippen LogP contribution in [0.5, 0.6) is 0 Å². The SMILES string of the molecule is O=C(Cc1ccc(Cl)cc1)N1CCN=C1SCc1ccc(Cl)cc1. The van der Waals surface area contributed by atoms with Crippen molar-refractivity contribution in [2.24, 2.45) is 4.99 Å². The number of rotatable bonds is 4. The third kappa shape index (κ3) is 4.53. The first-order chi connectivity index (χ1) is 11.6. The van der Waals surface area contributed by atoms with Gasteiger partial charge in [-0.25, -0.2) is 0 Å². The van der Waals surface area contributed by atoms with E-state index in [0.717, 1.165) is 27.1 Å². The van der Waals surface area contributed by atoms with Gasteiger partial charge in [0, 0.05) is 22.3 Å². The monoisotopic (exact) mass is 378 g/mol. The Morgan fingerprint density at radius 2 is 1.58 bits per heavy atom. The predicted molar refractivity (Wildman–Crippen MR) is 102 cm³/mol. The van der Waals surface area contributed by atoms with E-state index in [4.69, 9.17) is 23.2 Å². The molecule has 0 aliphatic carbocycles. The zero-order chi connectivity index (χ0) is 16.9. The van der Waals surface area contributed by atoms with E-state index in [1.54, 1.807) is 28.8 Å². The Bertz CT molecular complexity index is 745. The quantitative estimate of drug-likeness (QED) is 0.774. The van der Waals surface area contributed by atoms with Crippen LogP contribution >= 0.6 is 35.0 Å². The predicted octanol–water partition coefficient (Wildman–Crippen LogP) is 4.67. The summed E-state index contributed by atoms with van der Waals surface area (Å²) in [6.45, 7) is 1.31. The van der Waals surface area contributed by atoms with E-state index in [0.29, 0.717) is 24.5 Å². The fraction of sp³-hybridized carbons (Fsp3) is 0.222. The number of nitrogens with zero attached hydrogens (tertiary/aromatic N) is 2. The third-order valence-electron chi connectivity index (χ3n) is 3.65. The maximum atomic E-state index is 12.5. The van der Waals surface area contributed by atoms with E-state index in [-0.39, 0.29) is 5.91 Å². The molecule has 1 amide bonds. The van der Waals surface area contributed by atoms with Gasteiger partial charge in [-0.15, -0.1) is 0 Å². The van der Waals surface area contributed by atoms with Crippen molar-refractivity contribution in [1.29, 1.82) is 0 Å². The number of amides is 1. The molecule has 0 atom stereocenters. The van der Waals surface area contributed by atoms with Crippen LogP contribution in [-0.4, -0.2) is 29.1 Å². The molecule has 0 spiro atoms. The van der Waals surface area contributed by atoms with Gasteiger partial charge in [0.1, 0.15) is 0 Å². The smallest absolute Gasteiger partial charge is 0.233 e. The van der Waals surface area contributed by atoms with E-state index in [1.807, 2.05) is 36.4 Å². The summed E-state index contributed by atoms with van der Waals surface area (Å²) < 4.78 is 0. The number of hydrogen-bond acceptors (Lipinski definition) is 3. The van der Waals surface area contributed by atoms with Gasteiger partial charge in [0.25, 0.3) is 0 Å². The second-order valence-corrected chi connectivity index (χ2v) is 7.24. The summed E-state index contributed by atoms with van der Waals surface area (Å²) >= 11 is 13.4. The molecule has 0 saturated carbocycles. The summed E-state index contributed by atoms with van der Waals surface area (Å²) in [6.07, 6.45) is 0.359. The van der Waals surface area contributed by atoms with Crippen molar-refractivity contribution in [2.45, 2.75) is 12.2 Å². The van der Waals surface area contributed by atoms with Gasteiger partial charge in [0.15, 0.2) is 5.17 Å². The first kappa shape index (κ1) is 17.3. The fourth-order valence-electron chi connectivity index (χ4n) is 2.38. The minimum Gasteiger partial charge on any atom is -0.289 e. The van der Waals surface area contributed by atoms with Crippen molar-refractivity contribution >= 4 is 46.0 Å². The van der Waals surface area contributed by atoms with Crippen molar-refractivity contribution in [1.82, 2.24) is 4.90 Å². The van der Waals surface area contributed by atoms with Crippen LogP contribution in [0.3, 0.4) is 0 Å². The molecule has 1 aliphatic rings. The minimum atomic E-state index is 0.0668. The highest BCUT2D eigenvalue weighted by atomic mass is 35.5. The number of amidine groups is 1. The topological polar surface area (TPSA) is 32.7 Å². The zero-order valence-corrected chi connectivity index (χ0v) is 15.2. The molecule has 3 rings (SSSR count). The Morgan fingerprint density at radius 1 is 1.00 bits per heavy atom. The highest BCUT2D eigenvalue weighted by Gasteiger charge is 2.24. The van der Waals surface area contributed by atoms with Gasteiger partial charge in [0.05, 0.1) is 13.0 Å². The van der Waals surface area contributed by atoms with Crippen molar-refractivity contribution < 1.29 is 4.79 Å². The van der Waals surface area contributed by atoms with Crippen molar-refractivity contribution in [3.05, 3.63) is 69.7 Å². The Labute approximate surface area is 155 Å². The Morgan fingerprint density at radius 3 is 2.21 bits per heavy atom. The number of halogens is 2. The normalized spacial score (nSPS) is 13.9. The summed E-state index contributed by atoms with van der Waals surface area (Å²) in [6, 6.07) is 15.1. The Balaban J connectivity index is 1.59. The summed E-state index contributed by atoms with van der Waals surface area (Å²) in [4.78, 5) is 18.8. The van der Waals surface area contributed by atoms with Crippen LogP contribution in [-0.2, 0) is 17.0 Å². The molecular formula is C18H16Cl2N2OS. The molecule has 24 heavy (non-hydrogen) atoms. The van der Waals surface area contributed by atoms with Gasteiger partial charge in [-0.2, -0.15) is 0 Å². The summed E-state index contributed by atoms with van der Waals surface area (Å²) in [5, 5.41) is 2.19. The van der Waals surface area contributed by atoms with Gasteiger partial charge < -0.3 is 0 Å². The zero-order valence-electron chi connectivity index (χ0n) is 12.9. The molecular weight excluding hydrogens is 363 g/mol. The number of thioether (sulfide) groups is 1. The summed E-state index contributed by atoms with van der Waals surface area (Å²) in [5.41, 5.74) is 2.11. The molecule has 2 aromatic carbocycles. The van der Waals surface area contributed by atoms with E-state index in [1.165, 1.54) is 0 Å². The van der Waals surface area contributed by atoms with Crippen molar-refractivity contribution in [2.75, 3.05) is 13.1 Å². The number of hydrogen-bond donors (Lipinski definition) is 0. The molecule has 1 heterocycles. The minimum absolute atomic E-state index is 0.0668. The lowest BCUT2D eigenvalue weighted by Crippen LogP contribution is -2.34. The molecule has 3 nitrogen and oxygen atoms in total. The Hall–Kier alpha value is -1.49. The molecule has 0 saturated heterocycles. The highest BCUT2D eigenvalue weighted by Crippen LogP contribution is 2.21. The molecule has 1 aliphatic heterocycles. The maximum Gasteiger partial charge on any atom is 0.233 e. The second kappa shape index (κ2) is 8.06. The van der Waals surface area contributed by atoms with E-state index in [9.17, 15) is 4.79 Å². The van der Waals surface area contributed by atoms with Crippen LogP contribution in [0.2, 0.25) is 10.0 Å². The van der Waals surface area contributed by atoms with Crippen LogP contribution in [0.15, 0.2) is 53.5 Å². The Kier molecular flexibility index (Phi) is 5.82. The van der Waals surface area contributed by atoms with Crippen molar-refractivity contribution in [3.63, 3.8) is 0 Å². The van der Waals surface area contributed by atoms with Crippen LogP contribution in [0.4, 0.5) is 0 Å². The first-order valence-corrected chi connectivity index (χ1v) is 9.32. The van der Waals surface area contributed by atoms with E-state index >= 15 is 0 Å². The van der Waals surface area contributed by atoms with E-state index < -0.39 is 0 Å². The summed E-state index contributed by atoms with van der Waals surface area (Å²) in [5.74, 6) is 0.831. The molecule has 0 aromatic heterocycles. The van der Waals surface area contributed by atoms with Crippen LogP contribution in [0, 0.1) is 0 Å². The van der Waals surface area contributed by atoms with Crippen LogP contribution in [0.1, 0.15) is 11.1 Å². The molecule has 2 aromatic rings. The lowest BCUT2D eigenvalue weighted by atomic mass is 10.1. The van der Waals surface area contributed by atoms with Gasteiger partial charge in [-0.3, -0.25) is 14.7 Å². The molecule has 0 bridgehead atoms. The highest BCUT2D eigenvalue weighted by molar-refractivity contribution is 8.13. The van der Waals surface area contributed by atoms with Gasteiger partial charge in [0.2, 0.25) is 5.91 Å². The van der Waals surface area contributed by atoms with Crippen molar-refractivity contribution in [3.8, 4) is 0 Å². The molecule has 0 fully saturated rings. The van der Waals surface area contributed by atoms with Gasteiger partial charge in [-0.1, -0.05) is 59.2 Å². The number of benzene rings is 2. The number of carbonyl (C=O) groups excluding carboxylic acids is 1. The molecule has 6 heteroatoms. The largest absolute Gasteiger partial charge is 0.289 e. The van der Waals surface area contributed by atoms with Gasteiger partial charge >= 0.3 is 0 Å². The van der Waals surface area contributed by atoms with Crippen LogP contribution < -0.4 is 0 Å². The lowest BCUT2D eigenvalue weighted by Gasteiger charge is -2.18. The first-order valence-electron chi connectivity index (χ1n) is 7.58. The van der Waals surface area contributed by atoms with E-state index in [2.05, 4.69) is 4.99 Å². The van der Waals surface area contributed by atoms with Gasteiger partial charge in [-0.05, 0) is 35.4 Å². The average Bonchev–Trinajstić information content (AvgIpc) is 3.05. The molecule has 0 N–H and O–H groups in total. The standard InChI is InChI=1S/C18H16Cl2N2OS/c19-15-5-1-13(2-6-15)11-17(23)22-10-9-21-18(22)24-12-14-3-7-16(20)8-4-14/h1-8H,9-12H2. The molecule has 0 unspecified atom stereocenters. The number of carbonyl (C=O) groups is 1. The fourth-order valence-corrected chi connectivity index (χ4v) is 3.65. The lowest BCUT2D eigenvalue weighted by molar-refractivity contribution is -0.126. The molecule has 124 valence electrons. The summed E-state index contributed by atoms with van der Waals surface area (Å²) in [7, 11) is 0. The third-order valence-corrected chi connectivity index (χ3v) is 5.24. The number of aliphatic imine (C=N–C) groups is 1. The maximum absolute atomic E-state index is 12.5. The second-order valence-electron chi connectivity index (χ2n) is 5.43.